The van der Waals surface area contributed by atoms with Crippen molar-refractivity contribution in [2.24, 2.45) is 5.73 Å². The van der Waals surface area contributed by atoms with Crippen molar-refractivity contribution in [1.82, 2.24) is 9.44 Å². The first-order valence-corrected chi connectivity index (χ1v) is 3.14. The number of primary amides is 1. The standard InChI is InChI=1S/C4H9N3OS/c1-2-3-6-9-7-4(5)8/h2,6H,1,3H2,(H3,5,7,8). The number of urea groups is 1. The van der Waals surface area contributed by atoms with Gasteiger partial charge in [0.1, 0.15) is 0 Å². The van der Waals surface area contributed by atoms with Gasteiger partial charge in [0.05, 0.1) is 0 Å². The number of rotatable bonds is 4. The molecule has 0 saturated carbocycles. The molecule has 0 radical (unpaired) electrons. The topological polar surface area (TPSA) is 67.2 Å². The summed E-state index contributed by atoms with van der Waals surface area (Å²) in [6, 6.07) is -0.559. The van der Waals surface area contributed by atoms with Crippen LogP contribution in [0.5, 0.6) is 0 Å². The van der Waals surface area contributed by atoms with Crippen molar-refractivity contribution in [1.29, 1.82) is 0 Å². The van der Waals surface area contributed by atoms with Crippen LogP contribution in [-0.4, -0.2) is 12.6 Å². The Kier molecular flexibility index (Phi) is 5.04. The molecule has 52 valence electrons. The zero-order valence-corrected chi connectivity index (χ0v) is 5.70. The Morgan fingerprint density at radius 3 is 3.00 bits per heavy atom. The highest BCUT2D eigenvalue weighted by Crippen LogP contribution is 1.80. The number of nitrogens with two attached hydrogens (primary N) is 1. The minimum atomic E-state index is -0.559. The molecular formula is C4H9N3OS. The minimum Gasteiger partial charge on any atom is -0.351 e. The first-order valence-electron chi connectivity index (χ1n) is 2.32. The summed E-state index contributed by atoms with van der Waals surface area (Å²) in [5.74, 6) is 0. The van der Waals surface area contributed by atoms with Crippen LogP contribution in [0.3, 0.4) is 0 Å². The second-order valence-electron chi connectivity index (χ2n) is 1.21. The summed E-state index contributed by atoms with van der Waals surface area (Å²) in [6.07, 6.45) is 1.68. The average molecular weight is 147 g/mol. The molecule has 5 heteroatoms. The van der Waals surface area contributed by atoms with Gasteiger partial charge < -0.3 is 5.73 Å². The number of carbonyl (C=O) groups is 1. The zero-order valence-electron chi connectivity index (χ0n) is 4.89. The van der Waals surface area contributed by atoms with Gasteiger partial charge in [-0.1, -0.05) is 6.08 Å². The van der Waals surface area contributed by atoms with E-state index in [1.807, 2.05) is 0 Å². The highest BCUT2D eigenvalue weighted by Gasteiger charge is 1.86. The summed E-state index contributed by atoms with van der Waals surface area (Å²) < 4.78 is 5.03. The van der Waals surface area contributed by atoms with Crippen molar-refractivity contribution in [2.75, 3.05) is 6.54 Å². The van der Waals surface area contributed by atoms with E-state index in [9.17, 15) is 4.79 Å². The third-order valence-electron chi connectivity index (χ3n) is 0.451. The molecule has 0 aromatic carbocycles. The largest absolute Gasteiger partial charge is 0.351 e. The van der Waals surface area contributed by atoms with E-state index in [0.717, 1.165) is 12.1 Å². The summed E-state index contributed by atoms with van der Waals surface area (Å²) in [7, 11) is 0. The molecule has 4 N–H and O–H groups in total. The molecule has 0 atom stereocenters. The van der Waals surface area contributed by atoms with Crippen molar-refractivity contribution in [2.45, 2.75) is 0 Å². The number of carbonyl (C=O) groups excluding carboxylic acids is 1. The van der Waals surface area contributed by atoms with Gasteiger partial charge in [-0.15, -0.1) is 6.58 Å². The SMILES string of the molecule is C=CCNSNC(N)=O. The maximum Gasteiger partial charge on any atom is 0.323 e. The van der Waals surface area contributed by atoms with Gasteiger partial charge in [0.25, 0.3) is 0 Å². The zero-order chi connectivity index (χ0) is 7.11. The fourth-order valence-corrected chi connectivity index (χ4v) is 0.561. The van der Waals surface area contributed by atoms with Crippen LogP contribution in [0.25, 0.3) is 0 Å². The van der Waals surface area contributed by atoms with Crippen LogP contribution in [-0.2, 0) is 0 Å². The molecule has 0 bridgehead atoms. The second kappa shape index (κ2) is 5.46. The molecule has 0 rings (SSSR count). The Morgan fingerprint density at radius 2 is 2.56 bits per heavy atom. The monoisotopic (exact) mass is 147 g/mol. The summed E-state index contributed by atoms with van der Waals surface area (Å²) >= 11 is 1.04. The highest BCUT2D eigenvalue weighted by molar-refractivity contribution is 7.96. The molecule has 0 unspecified atom stereocenters. The quantitative estimate of drug-likeness (QED) is 0.298. The molecule has 0 aliphatic carbocycles. The van der Waals surface area contributed by atoms with Crippen LogP contribution in [0.4, 0.5) is 4.79 Å². The number of amides is 2. The smallest absolute Gasteiger partial charge is 0.323 e. The molecule has 0 aromatic rings. The van der Waals surface area contributed by atoms with Gasteiger partial charge >= 0.3 is 6.03 Å². The molecule has 0 aromatic heterocycles. The van der Waals surface area contributed by atoms with E-state index < -0.39 is 6.03 Å². The van der Waals surface area contributed by atoms with Gasteiger partial charge in [0.15, 0.2) is 0 Å². The lowest BCUT2D eigenvalue weighted by molar-refractivity contribution is 0.254. The van der Waals surface area contributed by atoms with Crippen molar-refractivity contribution >= 4 is 18.2 Å². The molecular weight excluding hydrogens is 138 g/mol. The van der Waals surface area contributed by atoms with Crippen molar-refractivity contribution in [3.63, 3.8) is 0 Å². The second-order valence-corrected chi connectivity index (χ2v) is 1.90. The Bertz CT molecular complexity index is 106. The molecule has 0 aliphatic heterocycles. The Hall–Kier alpha value is -0.680. The number of nitrogens with one attached hydrogen (secondary N) is 2. The lowest BCUT2D eigenvalue weighted by Crippen LogP contribution is -2.26. The van der Waals surface area contributed by atoms with Crippen LogP contribution in [0.2, 0.25) is 0 Å². The predicted molar refractivity (Wildman–Crippen MR) is 38.5 cm³/mol. The molecule has 2 amide bonds. The number of hydrogen-bond acceptors (Lipinski definition) is 3. The Balaban J connectivity index is 2.91. The van der Waals surface area contributed by atoms with E-state index in [0.29, 0.717) is 6.54 Å². The Labute approximate surface area is 58.1 Å². The van der Waals surface area contributed by atoms with E-state index in [4.69, 9.17) is 5.73 Å². The van der Waals surface area contributed by atoms with Gasteiger partial charge in [-0.05, 0) is 0 Å². The molecule has 4 nitrogen and oxygen atoms in total. The van der Waals surface area contributed by atoms with Crippen LogP contribution in [0.1, 0.15) is 0 Å². The van der Waals surface area contributed by atoms with Crippen LogP contribution < -0.4 is 15.2 Å². The van der Waals surface area contributed by atoms with Crippen molar-refractivity contribution in [3.05, 3.63) is 12.7 Å². The van der Waals surface area contributed by atoms with Gasteiger partial charge in [0.2, 0.25) is 0 Å². The van der Waals surface area contributed by atoms with Crippen molar-refractivity contribution in [3.8, 4) is 0 Å². The molecule has 9 heavy (non-hydrogen) atoms. The van der Waals surface area contributed by atoms with Gasteiger partial charge in [-0.25, -0.2) is 9.52 Å². The summed E-state index contributed by atoms with van der Waals surface area (Å²) in [4.78, 5) is 9.99. The average Bonchev–Trinajstić information content (AvgIpc) is 1.80. The predicted octanol–water partition coefficient (Wildman–Crippen LogP) is -0.00650. The van der Waals surface area contributed by atoms with Crippen LogP contribution >= 0.6 is 12.1 Å². The maximum atomic E-state index is 9.99. The molecule has 0 aliphatic rings. The summed E-state index contributed by atoms with van der Waals surface area (Å²) in [6.45, 7) is 4.09. The first-order chi connectivity index (χ1) is 4.27. The van der Waals surface area contributed by atoms with E-state index in [1.54, 1.807) is 6.08 Å². The first kappa shape index (κ1) is 8.32. The van der Waals surface area contributed by atoms with Crippen molar-refractivity contribution < 1.29 is 4.79 Å². The summed E-state index contributed by atoms with van der Waals surface area (Å²) in [5.41, 5.74) is 4.74. The molecule has 0 spiro atoms. The van der Waals surface area contributed by atoms with E-state index >= 15 is 0 Å². The fourth-order valence-electron chi connectivity index (χ4n) is 0.187. The summed E-state index contributed by atoms with van der Waals surface area (Å²) in [5, 5.41) is 0. The van der Waals surface area contributed by atoms with Gasteiger partial charge in [-0.3, -0.25) is 4.72 Å². The lowest BCUT2D eigenvalue weighted by Gasteiger charge is -1.97. The Morgan fingerprint density at radius 1 is 1.89 bits per heavy atom. The third-order valence-corrected chi connectivity index (χ3v) is 1.07. The highest BCUT2D eigenvalue weighted by atomic mass is 32.2. The third kappa shape index (κ3) is 7.32. The lowest BCUT2D eigenvalue weighted by atomic mass is 10.7. The normalized spacial score (nSPS) is 8.44. The van der Waals surface area contributed by atoms with E-state index in [2.05, 4.69) is 16.0 Å². The fraction of sp³-hybridized carbons (Fsp3) is 0.250. The van der Waals surface area contributed by atoms with Crippen LogP contribution in [0, 0.1) is 0 Å². The molecule has 0 heterocycles. The minimum absolute atomic E-state index is 0.559. The molecule has 0 fully saturated rings. The van der Waals surface area contributed by atoms with Crippen LogP contribution in [0.15, 0.2) is 12.7 Å². The van der Waals surface area contributed by atoms with E-state index in [-0.39, 0.29) is 0 Å². The maximum absolute atomic E-state index is 9.99. The van der Waals surface area contributed by atoms with Gasteiger partial charge in [0, 0.05) is 18.7 Å². The van der Waals surface area contributed by atoms with Gasteiger partial charge in [-0.2, -0.15) is 0 Å². The van der Waals surface area contributed by atoms with E-state index in [1.165, 1.54) is 0 Å². The number of hydrogen-bond donors (Lipinski definition) is 3. The molecule has 0 saturated heterocycles.